The molecule has 0 spiro atoms. The van der Waals surface area contributed by atoms with Crippen LogP contribution in [0.3, 0.4) is 0 Å². The van der Waals surface area contributed by atoms with Gasteiger partial charge in [0, 0.05) is 0 Å². The van der Waals surface area contributed by atoms with Crippen LogP contribution in [0, 0.1) is 35.4 Å². The summed E-state index contributed by atoms with van der Waals surface area (Å²) in [4.78, 5) is 26.1. The second-order valence-electron chi connectivity index (χ2n) is 7.56. The van der Waals surface area contributed by atoms with Gasteiger partial charge in [0.15, 0.2) is 5.82 Å². The molecule has 34 heavy (non-hydrogen) atoms. The Kier molecular flexibility index (Phi) is 5.53. The topological polar surface area (TPSA) is 172 Å². The summed E-state index contributed by atoms with van der Waals surface area (Å²) in [6.45, 7) is 3.45. The predicted molar refractivity (Wildman–Crippen MR) is 124 cm³/mol. The van der Waals surface area contributed by atoms with Crippen LogP contribution in [0.1, 0.15) is 35.5 Å². The molecular formula is C23H18FN9O. The first kappa shape index (κ1) is 22.2. The van der Waals surface area contributed by atoms with Gasteiger partial charge in [-0.1, -0.05) is 12.1 Å². The number of nitrogens with one attached hydrogen (secondary N) is 1. The molecule has 0 aliphatic rings. The number of rotatable bonds is 4. The molecule has 168 valence electrons. The number of hydrogen-bond acceptors (Lipinski definition) is 9. The van der Waals surface area contributed by atoms with Crippen LogP contribution in [0.25, 0.3) is 16.6 Å². The van der Waals surface area contributed by atoms with Crippen molar-refractivity contribution in [3.05, 3.63) is 75.1 Å². The Morgan fingerprint density at radius 3 is 2.59 bits per heavy atom. The number of anilines is 3. The molecule has 0 unspecified atom stereocenters. The van der Waals surface area contributed by atoms with Gasteiger partial charge in [-0.25, -0.2) is 9.37 Å². The summed E-state index contributed by atoms with van der Waals surface area (Å²) in [7, 11) is 0. The van der Waals surface area contributed by atoms with Gasteiger partial charge in [0.2, 0.25) is 5.95 Å². The predicted octanol–water partition coefficient (Wildman–Crippen LogP) is 2.70. The van der Waals surface area contributed by atoms with Crippen molar-refractivity contribution in [2.24, 2.45) is 0 Å². The number of nitriles is 2. The fourth-order valence-electron chi connectivity index (χ4n) is 3.70. The van der Waals surface area contributed by atoms with Crippen LogP contribution in [0.5, 0.6) is 0 Å². The third-order valence-corrected chi connectivity index (χ3v) is 5.21. The first-order valence-corrected chi connectivity index (χ1v) is 10.1. The van der Waals surface area contributed by atoms with E-state index in [9.17, 15) is 19.7 Å². The summed E-state index contributed by atoms with van der Waals surface area (Å²) < 4.78 is 15.5. The highest BCUT2D eigenvalue weighted by Gasteiger charge is 2.22. The molecule has 5 N–H and O–H groups in total. The first-order chi connectivity index (χ1) is 16.2. The van der Waals surface area contributed by atoms with E-state index in [0.29, 0.717) is 16.5 Å². The second-order valence-corrected chi connectivity index (χ2v) is 7.56. The normalized spacial score (nSPS) is 11.6. The molecule has 4 rings (SSSR count). The fourth-order valence-corrected chi connectivity index (χ4v) is 3.70. The summed E-state index contributed by atoms with van der Waals surface area (Å²) in [5, 5.41) is 22.1. The zero-order valence-electron chi connectivity index (χ0n) is 18.2. The zero-order chi connectivity index (χ0) is 24.6. The van der Waals surface area contributed by atoms with Crippen LogP contribution in [0.2, 0.25) is 0 Å². The minimum atomic E-state index is -0.729. The number of aryl methyl sites for hydroxylation is 1. The number of nitrogens with zero attached hydrogens (tertiary/aromatic N) is 6. The van der Waals surface area contributed by atoms with Crippen molar-refractivity contribution in [1.82, 2.24) is 19.5 Å². The van der Waals surface area contributed by atoms with Crippen LogP contribution >= 0.6 is 0 Å². The van der Waals surface area contributed by atoms with E-state index in [4.69, 9.17) is 11.5 Å². The number of aromatic nitrogens is 4. The molecule has 0 aliphatic carbocycles. The number of benzene rings is 2. The number of fused-ring (bicyclic) bond motifs is 1. The van der Waals surface area contributed by atoms with Crippen molar-refractivity contribution >= 4 is 28.5 Å². The van der Waals surface area contributed by atoms with Gasteiger partial charge in [-0.15, -0.1) is 0 Å². The van der Waals surface area contributed by atoms with E-state index >= 15 is 0 Å². The Bertz CT molecular complexity index is 1600. The van der Waals surface area contributed by atoms with Crippen molar-refractivity contribution < 1.29 is 4.39 Å². The molecular weight excluding hydrogens is 437 g/mol. The molecule has 2 heterocycles. The van der Waals surface area contributed by atoms with Gasteiger partial charge in [0.25, 0.3) is 5.56 Å². The van der Waals surface area contributed by atoms with E-state index in [-0.39, 0.29) is 40.2 Å². The Morgan fingerprint density at radius 1 is 1.12 bits per heavy atom. The van der Waals surface area contributed by atoms with E-state index < -0.39 is 17.4 Å². The molecule has 0 aliphatic heterocycles. The monoisotopic (exact) mass is 455 g/mol. The molecule has 4 aromatic rings. The van der Waals surface area contributed by atoms with Crippen LogP contribution in [-0.2, 0) is 0 Å². The highest BCUT2D eigenvalue weighted by molar-refractivity contribution is 5.81. The fraction of sp³-hybridized carbons (Fsp3) is 0.130. The van der Waals surface area contributed by atoms with Crippen LogP contribution in [0.15, 0.2) is 41.2 Å². The molecule has 0 bridgehead atoms. The molecule has 0 saturated heterocycles. The molecule has 2 aromatic carbocycles. The van der Waals surface area contributed by atoms with E-state index in [2.05, 4.69) is 20.3 Å². The molecule has 0 radical (unpaired) electrons. The van der Waals surface area contributed by atoms with Gasteiger partial charge >= 0.3 is 0 Å². The molecule has 0 amide bonds. The Labute approximate surface area is 192 Å². The molecule has 10 nitrogen and oxygen atoms in total. The number of nitrogen functional groups attached to an aromatic ring is 2. The second kappa shape index (κ2) is 8.48. The summed E-state index contributed by atoms with van der Waals surface area (Å²) in [5.41, 5.74) is 12.3. The summed E-state index contributed by atoms with van der Waals surface area (Å²) in [6.07, 6.45) is 0. The molecule has 0 fully saturated rings. The minimum Gasteiger partial charge on any atom is -0.382 e. The SMILES string of the molecule is Cc1cccc2nc([C@H](C)Nc3nc(N)nc(N)c3C#N)n(-c3cc(F)cc(C#N)c3)c(=O)c12. The van der Waals surface area contributed by atoms with Crippen molar-refractivity contribution in [3.8, 4) is 17.8 Å². The van der Waals surface area contributed by atoms with Gasteiger partial charge in [-0.3, -0.25) is 9.36 Å². The van der Waals surface area contributed by atoms with Gasteiger partial charge in [0.05, 0.1) is 34.3 Å². The minimum absolute atomic E-state index is 0.0240. The highest BCUT2D eigenvalue weighted by Crippen LogP contribution is 2.26. The lowest BCUT2D eigenvalue weighted by Gasteiger charge is -2.21. The largest absolute Gasteiger partial charge is 0.382 e. The van der Waals surface area contributed by atoms with Crippen LogP contribution < -0.4 is 22.3 Å². The van der Waals surface area contributed by atoms with Crippen molar-refractivity contribution in [3.63, 3.8) is 0 Å². The summed E-state index contributed by atoms with van der Waals surface area (Å²) in [6, 6.07) is 11.9. The quantitative estimate of drug-likeness (QED) is 0.418. The van der Waals surface area contributed by atoms with E-state index in [1.807, 2.05) is 12.1 Å². The van der Waals surface area contributed by atoms with Crippen molar-refractivity contribution in [2.45, 2.75) is 19.9 Å². The molecule has 2 aromatic heterocycles. The lowest BCUT2D eigenvalue weighted by Crippen LogP contribution is -2.28. The number of hydrogen-bond donors (Lipinski definition) is 3. The average molecular weight is 455 g/mol. The molecule has 1 atom stereocenters. The maximum Gasteiger partial charge on any atom is 0.266 e. The van der Waals surface area contributed by atoms with Crippen molar-refractivity contribution in [2.75, 3.05) is 16.8 Å². The Morgan fingerprint density at radius 2 is 1.88 bits per heavy atom. The van der Waals surface area contributed by atoms with Gasteiger partial charge in [-0.05, 0) is 43.7 Å². The standard InChI is InChI=1S/C23H18FN9O/c1-11-4-3-5-17-18(11)22(34)33(15-7-13(9-25)6-14(24)8-15)21(30-17)12(2)29-20-16(10-26)19(27)31-23(28)32-20/h3-8,12H,1-2H3,(H5,27,28,29,31,32)/t12-/m0/s1. The lowest BCUT2D eigenvalue weighted by molar-refractivity contribution is 0.624. The molecule has 11 heteroatoms. The van der Waals surface area contributed by atoms with E-state index in [1.165, 1.54) is 10.6 Å². The smallest absolute Gasteiger partial charge is 0.266 e. The van der Waals surface area contributed by atoms with Crippen molar-refractivity contribution in [1.29, 1.82) is 10.5 Å². The highest BCUT2D eigenvalue weighted by atomic mass is 19.1. The van der Waals surface area contributed by atoms with Gasteiger partial charge in [0.1, 0.15) is 29.1 Å². The van der Waals surface area contributed by atoms with Gasteiger partial charge < -0.3 is 16.8 Å². The van der Waals surface area contributed by atoms with E-state index in [1.54, 1.807) is 32.0 Å². The Balaban J connectivity index is 1.99. The summed E-state index contributed by atoms with van der Waals surface area (Å²) >= 11 is 0. The number of nitrogens with two attached hydrogens (primary N) is 2. The van der Waals surface area contributed by atoms with E-state index in [0.717, 1.165) is 12.1 Å². The first-order valence-electron chi connectivity index (χ1n) is 10.1. The van der Waals surface area contributed by atoms with Gasteiger partial charge in [-0.2, -0.15) is 20.5 Å². The zero-order valence-corrected chi connectivity index (χ0v) is 18.2. The number of halogens is 1. The maximum absolute atomic E-state index is 14.3. The summed E-state index contributed by atoms with van der Waals surface area (Å²) in [5.74, 6) is -0.678. The third-order valence-electron chi connectivity index (χ3n) is 5.21. The lowest BCUT2D eigenvalue weighted by atomic mass is 10.1. The average Bonchev–Trinajstić information content (AvgIpc) is 2.78. The van der Waals surface area contributed by atoms with Crippen LogP contribution in [0.4, 0.5) is 22.0 Å². The maximum atomic E-state index is 14.3. The Hall–Kier alpha value is -5.03. The van der Waals surface area contributed by atoms with Crippen LogP contribution in [-0.4, -0.2) is 19.5 Å². The third kappa shape index (κ3) is 3.82. The molecule has 0 saturated carbocycles.